The van der Waals surface area contributed by atoms with Crippen molar-refractivity contribution in [3.05, 3.63) is 41.2 Å². The van der Waals surface area contributed by atoms with Crippen molar-refractivity contribution in [2.75, 3.05) is 39.4 Å². The van der Waals surface area contributed by atoms with Crippen LogP contribution in [0.15, 0.2) is 29.8 Å². The van der Waals surface area contributed by atoms with Crippen molar-refractivity contribution >= 4 is 12.0 Å². The molecule has 0 radical (unpaired) electrons. The molecule has 1 fully saturated rings. The highest BCUT2D eigenvalue weighted by Crippen LogP contribution is 2.11. The molecular weight excluding hydrogens is 271 g/mol. The van der Waals surface area contributed by atoms with Crippen LogP contribution in [0.25, 0.3) is 6.08 Å². The zero-order valence-corrected chi connectivity index (χ0v) is 12.3. The highest BCUT2D eigenvalue weighted by molar-refractivity contribution is 5.97. The van der Waals surface area contributed by atoms with Crippen molar-refractivity contribution in [2.24, 2.45) is 0 Å². The van der Waals surface area contributed by atoms with Crippen molar-refractivity contribution in [3.8, 4) is 0 Å². The molecule has 1 aromatic rings. The van der Waals surface area contributed by atoms with Gasteiger partial charge in [0.2, 0.25) is 5.91 Å². The van der Waals surface area contributed by atoms with Crippen LogP contribution in [0, 0.1) is 5.82 Å². The van der Waals surface area contributed by atoms with Crippen molar-refractivity contribution in [1.82, 2.24) is 10.2 Å². The van der Waals surface area contributed by atoms with E-state index < -0.39 is 0 Å². The SMILES string of the molecule is C/C(=C\c1ccccc1F)C(=O)NCCN1CCOCC1. The number of nitrogens with one attached hydrogen (secondary N) is 1. The number of benzene rings is 1. The fourth-order valence-electron chi connectivity index (χ4n) is 2.18. The topological polar surface area (TPSA) is 41.6 Å². The number of rotatable bonds is 5. The van der Waals surface area contributed by atoms with Crippen LogP contribution in [0.4, 0.5) is 4.39 Å². The summed E-state index contributed by atoms with van der Waals surface area (Å²) >= 11 is 0. The summed E-state index contributed by atoms with van der Waals surface area (Å²) in [5.41, 5.74) is 0.931. The molecule has 4 nitrogen and oxygen atoms in total. The van der Waals surface area contributed by atoms with Gasteiger partial charge in [0.1, 0.15) is 5.82 Å². The van der Waals surface area contributed by atoms with Gasteiger partial charge in [-0.05, 0) is 19.1 Å². The smallest absolute Gasteiger partial charge is 0.246 e. The van der Waals surface area contributed by atoms with Gasteiger partial charge in [0.05, 0.1) is 13.2 Å². The molecule has 1 heterocycles. The lowest BCUT2D eigenvalue weighted by Gasteiger charge is -2.26. The molecular formula is C16H21FN2O2. The number of hydrogen-bond acceptors (Lipinski definition) is 3. The maximum atomic E-state index is 13.5. The van der Waals surface area contributed by atoms with E-state index in [4.69, 9.17) is 4.74 Å². The van der Waals surface area contributed by atoms with Gasteiger partial charge in [-0.1, -0.05) is 18.2 Å². The van der Waals surface area contributed by atoms with E-state index in [9.17, 15) is 9.18 Å². The van der Waals surface area contributed by atoms with E-state index in [1.54, 1.807) is 31.2 Å². The maximum absolute atomic E-state index is 13.5. The molecule has 0 atom stereocenters. The van der Waals surface area contributed by atoms with E-state index in [1.165, 1.54) is 6.07 Å². The number of carbonyl (C=O) groups excluding carboxylic acids is 1. The molecule has 0 unspecified atom stereocenters. The average Bonchev–Trinajstić information content (AvgIpc) is 2.50. The maximum Gasteiger partial charge on any atom is 0.246 e. The minimum atomic E-state index is -0.321. The minimum Gasteiger partial charge on any atom is -0.379 e. The summed E-state index contributed by atoms with van der Waals surface area (Å²) in [6, 6.07) is 6.41. The Balaban J connectivity index is 1.81. The first-order valence-electron chi connectivity index (χ1n) is 7.18. The Kier molecular flexibility index (Phi) is 5.90. The quantitative estimate of drug-likeness (QED) is 0.840. The summed E-state index contributed by atoms with van der Waals surface area (Å²) in [4.78, 5) is 14.2. The number of ether oxygens (including phenoxy) is 1. The van der Waals surface area contributed by atoms with Gasteiger partial charge in [0.25, 0.3) is 0 Å². The van der Waals surface area contributed by atoms with Gasteiger partial charge >= 0.3 is 0 Å². The van der Waals surface area contributed by atoms with Crippen molar-refractivity contribution in [2.45, 2.75) is 6.92 Å². The van der Waals surface area contributed by atoms with Gasteiger partial charge < -0.3 is 10.1 Å². The van der Waals surface area contributed by atoms with Crippen LogP contribution in [-0.2, 0) is 9.53 Å². The Morgan fingerprint density at radius 1 is 1.38 bits per heavy atom. The third-order valence-corrected chi connectivity index (χ3v) is 3.45. The third-order valence-electron chi connectivity index (χ3n) is 3.45. The Bertz CT molecular complexity index is 511. The van der Waals surface area contributed by atoms with Gasteiger partial charge in [-0.3, -0.25) is 9.69 Å². The Labute approximate surface area is 124 Å². The zero-order valence-electron chi connectivity index (χ0n) is 12.3. The second kappa shape index (κ2) is 7.90. The van der Waals surface area contributed by atoms with Gasteiger partial charge in [-0.25, -0.2) is 4.39 Å². The van der Waals surface area contributed by atoms with Crippen LogP contribution < -0.4 is 5.32 Å². The fraction of sp³-hybridized carbons (Fsp3) is 0.438. The summed E-state index contributed by atoms with van der Waals surface area (Å²) < 4.78 is 18.8. The number of halogens is 1. The van der Waals surface area contributed by atoms with Crippen LogP contribution in [0.3, 0.4) is 0 Å². The minimum absolute atomic E-state index is 0.161. The van der Waals surface area contributed by atoms with Crippen molar-refractivity contribution in [1.29, 1.82) is 0 Å². The summed E-state index contributed by atoms with van der Waals surface area (Å²) in [6.45, 7) is 6.39. The van der Waals surface area contributed by atoms with Gasteiger partial charge in [0.15, 0.2) is 0 Å². The fourth-order valence-corrected chi connectivity index (χ4v) is 2.18. The molecule has 0 bridgehead atoms. The van der Waals surface area contributed by atoms with E-state index in [-0.39, 0.29) is 11.7 Å². The monoisotopic (exact) mass is 292 g/mol. The first-order valence-corrected chi connectivity index (χ1v) is 7.18. The molecule has 0 saturated carbocycles. The molecule has 1 aromatic carbocycles. The summed E-state index contributed by atoms with van der Waals surface area (Å²) in [7, 11) is 0. The number of hydrogen-bond donors (Lipinski definition) is 1. The van der Waals surface area contributed by atoms with Crippen LogP contribution in [0.2, 0.25) is 0 Å². The highest BCUT2D eigenvalue weighted by Gasteiger charge is 2.11. The molecule has 0 spiro atoms. The van der Waals surface area contributed by atoms with Crippen molar-refractivity contribution < 1.29 is 13.9 Å². The summed E-state index contributed by atoms with van der Waals surface area (Å²) in [5, 5.41) is 2.86. The zero-order chi connectivity index (χ0) is 15.1. The second-order valence-corrected chi connectivity index (χ2v) is 5.06. The van der Waals surface area contributed by atoms with Crippen LogP contribution in [0.5, 0.6) is 0 Å². The molecule has 2 rings (SSSR count). The molecule has 1 amide bonds. The van der Waals surface area contributed by atoms with Gasteiger partial charge in [0, 0.05) is 37.3 Å². The Morgan fingerprint density at radius 3 is 2.81 bits per heavy atom. The molecule has 21 heavy (non-hydrogen) atoms. The Hall–Kier alpha value is -1.72. The average molecular weight is 292 g/mol. The lowest BCUT2D eigenvalue weighted by atomic mass is 10.1. The van der Waals surface area contributed by atoms with Crippen LogP contribution >= 0.6 is 0 Å². The van der Waals surface area contributed by atoms with Gasteiger partial charge in [-0.15, -0.1) is 0 Å². The van der Waals surface area contributed by atoms with E-state index in [0.717, 1.165) is 32.8 Å². The first-order chi connectivity index (χ1) is 10.2. The Morgan fingerprint density at radius 2 is 2.10 bits per heavy atom. The lowest BCUT2D eigenvalue weighted by Crippen LogP contribution is -2.41. The highest BCUT2D eigenvalue weighted by atomic mass is 19.1. The van der Waals surface area contributed by atoms with Crippen LogP contribution in [-0.4, -0.2) is 50.2 Å². The molecule has 1 N–H and O–H groups in total. The summed E-state index contributed by atoms with van der Waals surface area (Å²) in [5.74, 6) is -0.482. The molecule has 0 aromatic heterocycles. The predicted octanol–water partition coefficient (Wildman–Crippen LogP) is 1.68. The van der Waals surface area contributed by atoms with Crippen LogP contribution in [0.1, 0.15) is 12.5 Å². The molecule has 0 aliphatic carbocycles. The first kappa shape index (κ1) is 15.7. The molecule has 5 heteroatoms. The summed E-state index contributed by atoms with van der Waals surface area (Å²) in [6.07, 6.45) is 1.57. The molecule has 1 aliphatic rings. The van der Waals surface area contributed by atoms with Crippen molar-refractivity contribution in [3.63, 3.8) is 0 Å². The lowest BCUT2D eigenvalue weighted by molar-refractivity contribution is -0.117. The number of carbonyl (C=O) groups is 1. The standard InChI is InChI=1S/C16H21FN2O2/c1-13(12-14-4-2-3-5-15(14)17)16(20)18-6-7-19-8-10-21-11-9-19/h2-5,12H,6-11H2,1H3,(H,18,20)/b13-12+. The van der Waals surface area contributed by atoms with E-state index in [1.807, 2.05) is 0 Å². The van der Waals surface area contributed by atoms with E-state index in [0.29, 0.717) is 17.7 Å². The number of morpholine rings is 1. The predicted molar refractivity (Wildman–Crippen MR) is 80.3 cm³/mol. The molecule has 1 saturated heterocycles. The second-order valence-electron chi connectivity index (χ2n) is 5.06. The number of amides is 1. The molecule has 1 aliphatic heterocycles. The van der Waals surface area contributed by atoms with Gasteiger partial charge in [-0.2, -0.15) is 0 Å². The third kappa shape index (κ3) is 4.95. The van der Waals surface area contributed by atoms with E-state index in [2.05, 4.69) is 10.2 Å². The number of nitrogens with zero attached hydrogens (tertiary/aromatic N) is 1. The van der Waals surface area contributed by atoms with E-state index >= 15 is 0 Å². The largest absolute Gasteiger partial charge is 0.379 e. The molecule has 114 valence electrons. The normalized spacial score (nSPS) is 16.8.